The van der Waals surface area contributed by atoms with Gasteiger partial charge in [-0.05, 0) is 43.5 Å². The van der Waals surface area contributed by atoms with E-state index in [2.05, 4.69) is 5.32 Å². The van der Waals surface area contributed by atoms with E-state index in [1.54, 1.807) is 13.0 Å². The molecule has 2 aromatic rings. The minimum atomic E-state index is -0.481. The van der Waals surface area contributed by atoms with Crippen molar-refractivity contribution in [2.24, 2.45) is 0 Å². The van der Waals surface area contributed by atoms with Crippen molar-refractivity contribution in [3.63, 3.8) is 0 Å². The third-order valence-corrected chi connectivity index (χ3v) is 3.51. The summed E-state index contributed by atoms with van der Waals surface area (Å²) < 4.78 is 5.59. The molecular weight excluding hydrogens is 308 g/mol. The number of carbonyl (C=O) groups excluding carboxylic acids is 1. The van der Waals surface area contributed by atoms with Crippen LogP contribution in [0.5, 0.6) is 5.75 Å². The van der Waals surface area contributed by atoms with Gasteiger partial charge in [0.25, 0.3) is 5.69 Å². The number of ether oxygens (including phenoxy) is 1. The summed E-state index contributed by atoms with van der Waals surface area (Å²) in [4.78, 5) is 22.3. The highest BCUT2D eigenvalue weighted by Crippen LogP contribution is 2.22. The molecule has 0 unspecified atom stereocenters. The van der Waals surface area contributed by atoms with Crippen LogP contribution in [0, 0.1) is 24.0 Å². The summed E-state index contributed by atoms with van der Waals surface area (Å²) in [5.41, 5.74) is 2.32. The van der Waals surface area contributed by atoms with Gasteiger partial charge in [-0.15, -0.1) is 0 Å². The molecule has 1 N–H and O–H groups in total. The van der Waals surface area contributed by atoms with E-state index < -0.39 is 4.92 Å². The maximum atomic E-state index is 12.0. The number of nitro benzene ring substituents is 1. The summed E-state index contributed by atoms with van der Waals surface area (Å²) in [7, 11) is 0. The number of nitrogens with zero attached hydrogens (tertiary/aromatic N) is 1. The normalized spacial score (nSPS) is 10.2. The number of nitrogens with one attached hydrogen (secondary N) is 1. The first-order valence-corrected chi connectivity index (χ1v) is 7.70. The van der Waals surface area contributed by atoms with E-state index in [0.717, 1.165) is 16.9 Å². The highest BCUT2D eigenvalue weighted by atomic mass is 16.6. The molecule has 0 radical (unpaired) electrons. The number of anilines is 1. The number of rotatable bonds is 7. The summed E-state index contributed by atoms with van der Waals surface area (Å²) in [6.07, 6.45) is 0.849. The van der Waals surface area contributed by atoms with Gasteiger partial charge in [-0.1, -0.05) is 18.2 Å². The Morgan fingerprint density at radius 3 is 2.71 bits per heavy atom. The molecule has 0 bridgehead atoms. The summed E-state index contributed by atoms with van der Waals surface area (Å²) in [5, 5.41) is 13.5. The fraction of sp³-hybridized carbons (Fsp3) is 0.278. The topological polar surface area (TPSA) is 81.5 Å². The van der Waals surface area contributed by atoms with Crippen LogP contribution in [0.4, 0.5) is 11.4 Å². The average molecular weight is 328 g/mol. The maximum Gasteiger partial charge on any atom is 0.271 e. The quantitative estimate of drug-likeness (QED) is 0.473. The number of benzene rings is 2. The zero-order valence-electron chi connectivity index (χ0n) is 13.7. The molecule has 0 aliphatic carbocycles. The maximum absolute atomic E-state index is 12.0. The van der Waals surface area contributed by atoms with E-state index >= 15 is 0 Å². The molecule has 2 aromatic carbocycles. The Morgan fingerprint density at radius 2 is 2.00 bits per heavy atom. The predicted octanol–water partition coefficient (Wildman–Crippen LogP) is 4.01. The van der Waals surface area contributed by atoms with Crippen LogP contribution in [-0.4, -0.2) is 17.4 Å². The first-order valence-electron chi connectivity index (χ1n) is 7.70. The van der Waals surface area contributed by atoms with Gasteiger partial charge in [-0.2, -0.15) is 0 Å². The molecule has 0 fully saturated rings. The molecule has 24 heavy (non-hydrogen) atoms. The molecule has 0 aromatic heterocycles. The first kappa shape index (κ1) is 17.5. The molecule has 126 valence electrons. The second kappa shape index (κ2) is 8.10. The Hall–Kier alpha value is -2.89. The second-order valence-electron chi connectivity index (χ2n) is 5.57. The predicted molar refractivity (Wildman–Crippen MR) is 92.4 cm³/mol. The number of nitro groups is 1. The Morgan fingerprint density at radius 1 is 1.21 bits per heavy atom. The molecule has 0 aliphatic heterocycles. The first-order chi connectivity index (χ1) is 11.5. The molecule has 0 heterocycles. The number of carbonyl (C=O) groups is 1. The number of amides is 1. The summed E-state index contributed by atoms with van der Waals surface area (Å²) in [6.45, 7) is 4.21. The van der Waals surface area contributed by atoms with Gasteiger partial charge < -0.3 is 10.1 Å². The molecule has 0 saturated heterocycles. The van der Waals surface area contributed by atoms with Gasteiger partial charge in [0.1, 0.15) is 5.75 Å². The van der Waals surface area contributed by atoms with Crippen LogP contribution in [0.1, 0.15) is 24.0 Å². The lowest BCUT2D eigenvalue weighted by molar-refractivity contribution is -0.384. The van der Waals surface area contributed by atoms with Crippen molar-refractivity contribution in [1.29, 1.82) is 0 Å². The Balaban J connectivity index is 1.81. The highest BCUT2D eigenvalue weighted by Gasteiger charge is 2.11. The standard InChI is InChI=1S/C18H20N2O4/c1-13-5-3-6-16(11-13)24-10-4-7-18(21)19-17-12-15(20(22)23)9-8-14(17)2/h3,5-6,8-9,11-12H,4,7,10H2,1-2H3,(H,19,21). The molecule has 2 rings (SSSR count). The van der Waals surface area contributed by atoms with E-state index in [-0.39, 0.29) is 18.0 Å². The fourth-order valence-corrected chi connectivity index (χ4v) is 2.20. The van der Waals surface area contributed by atoms with E-state index in [9.17, 15) is 14.9 Å². The van der Waals surface area contributed by atoms with E-state index in [4.69, 9.17) is 4.74 Å². The van der Waals surface area contributed by atoms with Crippen LogP contribution in [-0.2, 0) is 4.79 Å². The Kier molecular flexibility index (Phi) is 5.89. The molecule has 0 saturated carbocycles. The van der Waals surface area contributed by atoms with Crippen LogP contribution in [0.15, 0.2) is 42.5 Å². The molecule has 0 aliphatic rings. The van der Waals surface area contributed by atoms with Gasteiger partial charge in [0.15, 0.2) is 0 Å². The fourth-order valence-electron chi connectivity index (χ4n) is 2.20. The van der Waals surface area contributed by atoms with Crippen molar-refractivity contribution in [2.75, 3.05) is 11.9 Å². The lowest BCUT2D eigenvalue weighted by Crippen LogP contribution is -2.13. The van der Waals surface area contributed by atoms with Crippen molar-refractivity contribution in [3.8, 4) is 5.75 Å². The van der Waals surface area contributed by atoms with Crippen LogP contribution in [0.3, 0.4) is 0 Å². The number of hydrogen-bond donors (Lipinski definition) is 1. The van der Waals surface area contributed by atoms with Crippen molar-refractivity contribution in [3.05, 3.63) is 63.7 Å². The minimum absolute atomic E-state index is 0.0429. The van der Waals surface area contributed by atoms with E-state index in [1.165, 1.54) is 12.1 Å². The van der Waals surface area contributed by atoms with Gasteiger partial charge in [0.2, 0.25) is 5.91 Å². The van der Waals surface area contributed by atoms with Gasteiger partial charge in [-0.3, -0.25) is 14.9 Å². The number of aryl methyl sites for hydroxylation is 2. The molecule has 0 atom stereocenters. The summed E-state index contributed by atoms with van der Waals surface area (Å²) >= 11 is 0. The van der Waals surface area contributed by atoms with Crippen molar-refractivity contribution in [2.45, 2.75) is 26.7 Å². The van der Waals surface area contributed by atoms with Crippen LogP contribution in [0.25, 0.3) is 0 Å². The van der Waals surface area contributed by atoms with Gasteiger partial charge in [0, 0.05) is 18.6 Å². The number of hydrogen-bond acceptors (Lipinski definition) is 4. The zero-order chi connectivity index (χ0) is 17.5. The third kappa shape index (κ3) is 5.08. The second-order valence-corrected chi connectivity index (χ2v) is 5.57. The van der Waals surface area contributed by atoms with E-state index in [0.29, 0.717) is 18.7 Å². The molecule has 6 heteroatoms. The van der Waals surface area contributed by atoms with Crippen molar-refractivity contribution >= 4 is 17.3 Å². The summed E-state index contributed by atoms with van der Waals surface area (Å²) in [6, 6.07) is 12.1. The monoisotopic (exact) mass is 328 g/mol. The summed E-state index contributed by atoms with van der Waals surface area (Å²) in [5.74, 6) is 0.594. The SMILES string of the molecule is Cc1cccc(OCCCC(=O)Nc2cc([N+](=O)[O-])ccc2C)c1. The smallest absolute Gasteiger partial charge is 0.271 e. The zero-order valence-corrected chi connectivity index (χ0v) is 13.7. The largest absolute Gasteiger partial charge is 0.494 e. The lowest BCUT2D eigenvalue weighted by Gasteiger charge is -2.09. The Bertz CT molecular complexity index is 744. The molecule has 1 amide bonds. The minimum Gasteiger partial charge on any atom is -0.494 e. The van der Waals surface area contributed by atoms with E-state index in [1.807, 2.05) is 31.2 Å². The Labute approximate surface area is 140 Å². The van der Waals surface area contributed by atoms with Gasteiger partial charge >= 0.3 is 0 Å². The lowest BCUT2D eigenvalue weighted by atomic mass is 10.1. The van der Waals surface area contributed by atoms with Gasteiger partial charge in [-0.25, -0.2) is 0 Å². The van der Waals surface area contributed by atoms with Crippen molar-refractivity contribution in [1.82, 2.24) is 0 Å². The highest BCUT2D eigenvalue weighted by molar-refractivity contribution is 5.91. The van der Waals surface area contributed by atoms with Crippen LogP contribution in [0.2, 0.25) is 0 Å². The van der Waals surface area contributed by atoms with Crippen molar-refractivity contribution < 1.29 is 14.5 Å². The number of non-ortho nitro benzene ring substituents is 1. The third-order valence-electron chi connectivity index (χ3n) is 3.51. The molecule has 6 nitrogen and oxygen atoms in total. The molecule has 0 spiro atoms. The van der Waals surface area contributed by atoms with Gasteiger partial charge in [0.05, 0.1) is 17.2 Å². The average Bonchev–Trinajstić information content (AvgIpc) is 2.53. The van der Waals surface area contributed by atoms with Crippen LogP contribution >= 0.6 is 0 Å². The molecular formula is C18H20N2O4. The van der Waals surface area contributed by atoms with Crippen LogP contribution < -0.4 is 10.1 Å².